The summed E-state index contributed by atoms with van der Waals surface area (Å²) in [5.74, 6) is 1.50. The van der Waals surface area contributed by atoms with Gasteiger partial charge < -0.3 is 15.1 Å². The smallest absolute Gasteiger partial charge is 0.243 e. The predicted octanol–water partition coefficient (Wildman–Crippen LogP) is 3.38. The van der Waals surface area contributed by atoms with Crippen LogP contribution in [0, 0.1) is 6.92 Å². The van der Waals surface area contributed by atoms with Gasteiger partial charge in [-0.05, 0) is 37.3 Å². The molecule has 2 aliphatic rings. The van der Waals surface area contributed by atoms with E-state index in [-0.39, 0.29) is 36.4 Å². The maximum absolute atomic E-state index is 12.0. The van der Waals surface area contributed by atoms with Crippen LogP contribution in [0.5, 0.6) is 0 Å². The maximum Gasteiger partial charge on any atom is 0.243 e. The van der Waals surface area contributed by atoms with E-state index in [1.165, 1.54) is 36.8 Å². The van der Waals surface area contributed by atoms with Gasteiger partial charge in [0.1, 0.15) is 6.54 Å². The molecular formula is C21H33IN4O. The van der Waals surface area contributed by atoms with E-state index in [9.17, 15) is 4.79 Å². The molecule has 1 aromatic carbocycles. The first-order valence-electron chi connectivity index (χ1n) is 9.86. The van der Waals surface area contributed by atoms with E-state index in [0.717, 1.165) is 25.5 Å². The lowest BCUT2D eigenvalue weighted by molar-refractivity contribution is -0.127. The van der Waals surface area contributed by atoms with Crippen molar-refractivity contribution in [2.75, 3.05) is 33.7 Å². The Bertz CT molecular complexity index is 655. The summed E-state index contributed by atoms with van der Waals surface area (Å²) in [6.07, 6.45) is 6.12. The van der Waals surface area contributed by atoms with Gasteiger partial charge in [-0.3, -0.25) is 4.79 Å². The maximum atomic E-state index is 12.0. The molecule has 6 heteroatoms. The Morgan fingerprint density at radius 2 is 1.93 bits per heavy atom. The Labute approximate surface area is 180 Å². The van der Waals surface area contributed by atoms with Gasteiger partial charge in [0.15, 0.2) is 5.96 Å². The fourth-order valence-electron chi connectivity index (χ4n) is 4.02. The number of hydrogen-bond donors (Lipinski definition) is 1. The highest BCUT2D eigenvalue weighted by atomic mass is 127. The first-order valence-corrected chi connectivity index (χ1v) is 9.86. The van der Waals surface area contributed by atoms with Crippen LogP contribution in [-0.2, 0) is 4.79 Å². The molecule has 1 aliphatic carbocycles. The van der Waals surface area contributed by atoms with E-state index >= 15 is 0 Å². The molecule has 0 spiro atoms. The minimum Gasteiger partial charge on any atom is -0.353 e. The van der Waals surface area contributed by atoms with Crippen molar-refractivity contribution in [3.05, 3.63) is 35.4 Å². The summed E-state index contributed by atoms with van der Waals surface area (Å²) in [5, 5.41) is 3.64. The van der Waals surface area contributed by atoms with Crippen LogP contribution in [0.1, 0.15) is 49.1 Å². The summed E-state index contributed by atoms with van der Waals surface area (Å²) >= 11 is 0. The molecule has 1 unspecified atom stereocenters. The van der Waals surface area contributed by atoms with Crippen molar-refractivity contribution in [3.63, 3.8) is 0 Å². The molecule has 1 saturated heterocycles. The summed E-state index contributed by atoms with van der Waals surface area (Å²) in [6.45, 7) is 4.38. The van der Waals surface area contributed by atoms with E-state index in [2.05, 4.69) is 46.4 Å². The van der Waals surface area contributed by atoms with Crippen molar-refractivity contribution >= 4 is 35.8 Å². The zero-order chi connectivity index (χ0) is 18.5. The minimum atomic E-state index is 0. The van der Waals surface area contributed by atoms with Gasteiger partial charge in [0.05, 0.1) is 0 Å². The Balaban J connectivity index is 0.00000261. The van der Waals surface area contributed by atoms with Gasteiger partial charge in [-0.15, -0.1) is 24.0 Å². The van der Waals surface area contributed by atoms with Crippen LogP contribution in [-0.4, -0.2) is 61.4 Å². The van der Waals surface area contributed by atoms with Gasteiger partial charge in [0.25, 0.3) is 0 Å². The number of nitrogens with one attached hydrogen (secondary N) is 1. The molecule has 1 aromatic rings. The summed E-state index contributed by atoms with van der Waals surface area (Å²) in [6, 6.07) is 9.18. The highest BCUT2D eigenvalue weighted by Gasteiger charge is 2.28. The number of benzene rings is 1. The average molecular weight is 484 g/mol. The molecular weight excluding hydrogens is 451 g/mol. The normalized spacial score (nSPS) is 20.5. The Morgan fingerprint density at radius 3 is 2.59 bits per heavy atom. The van der Waals surface area contributed by atoms with Crippen LogP contribution in [0.25, 0.3) is 0 Å². The van der Waals surface area contributed by atoms with E-state index in [0.29, 0.717) is 12.0 Å². The standard InChI is InChI=1S/C21H32N4O.HI/c1-16-8-4-7-11-19(16)17-12-13-25(15-17)21(22-14-20(26)24(2)3)23-18-9-5-6-10-18;/h4,7-8,11,17-18H,5-6,9-10,12-15H2,1-3H3,(H,22,23);1H. The summed E-state index contributed by atoms with van der Waals surface area (Å²) in [7, 11) is 3.57. The number of carbonyl (C=O) groups is 1. The van der Waals surface area contributed by atoms with Crippen LogP contribution in [0.3, 0.4) is 0 Å². The zero-order valence-electron chi connectivity index (χ0n) is 16.8. The number of aryl methyl sites for hydroxylation is 1. The van der Waals surface area contributed by atoms with E-state index in [1.807, 2.05) is 0 Å². The Kier molecular flexibility index (Phi) is 8.38. The van der Waals surface area contributed by atoms with Gasteiger partial charge in [-0.2, -0.15) is 0 Å². The van der Waals surface area contributed by atoms with Crippen LogP contribution < -0.4 is 5.32 Å². The number of guanidine groups is 1. The first-order chi connectivity index (χ1) is 12.5. The zero-order valence-corrected chi connectivity index (χ0v) is 19.1. The van der Waals surface area contributed by atoms with Crippen LogP contribution in [0.15, 0.2) is 29.3 Å². The topological polar surface area (TPSA) is 47.9 Å². The molecule has 1 saturated carbocycles. The molecule has 150 valence electrons. The number of hydrogen-bond acceptors (Lipinski definition) is 2. The van der Waals surface area contributed by atoms with Gasteiger partial charge in [0.2, 0.25) is 5.91 Å². The number of carbonyl (C=O) groups excluding carboxylic acids is 1. The molecule has 3 rings (SSSR count). The van der Waals surface area contributed by atoms with Crippen LogP contribution in [0.2, 0.25) is 0 Å². The highest BCUT2D eigenvalue weighted by molar-refractivity contribution is 14.0. The van der Waals surface area contributed by atoms with Crippen molar-refractivity contribution < 1.29 is 4.79 Å². The summed E-state index contributed by atoms with van der Waals surface area (Å²) in [5.41, 5.74) is 2.81. The molecule has 1 amide bonds. The third-order valence-corrected chi connectivity index (χ3v) is 5.67. The third kappa shape index (κ3) is 5.83. The second kappa shape index (κ2) is 10.3. The lowest BCUT2D eigenvalue weighted by Crippen LogP contribution is -2.45. The first kappa shape index (κ1) is 22.0. The lowest BCUT2D eigenvalue weighted by Gasteiger charge is -2.25. The second-order valence-corrected chi connectivity index (χ2v) is 7.84. The van der Waals surface area contributed by atoms with Gasteiger partial charge >= 0.3 is 0 Å². The third-order valence-electron chi connectivity index (χ3n) is 5.67. The van der Waals surface area contributed by atoms with Gasteiger partial charge in [-0.1, -0.05) is 37.1 Å². The van der Waals surface area contributed by atoms with Crippen molar-refractivity contribution in [2.45, 2.75) is 51.0 Å². The Morgan fingerprint density at radius 1 is 1.22 bits per heavy atom. The molecule has 0 aromatic heterocycles. The Hall–Kier alpha value is -1.31. The average Bonchev–Trinajstić information content (AvgIpc) is 3.30. The molecule has 1 aliphatic heterocycles. The van der Waals surface area contributed by atoms with Crippen molar-refractivity contribution in [2.24, 2.45) is 4.99 Å². The molecule has 0 bridgehead atoms. The van der Waals surface area contributed by atoms with E-state index in [1.54, 1.807) is 19.0 Å². The number of rotatable bonds is 4. The SMILES string of the molecule is Cc1ccccc1C1CCN(C(=NCC(=O)N(C)C)NC2CCCC2)C1.I. The molecule has 2 fully saturated rings. The van der Waals surface area contributed by atoms with Crippen molar-refractivity contribution in [1.82, 2.24) is 15.1 Å². The second-order valence-electron chi connectivity index (χ2n) is 7.84. The monoisotopic (exact) mass is 484 g/mol. The molecule has 1 heterocycles. The number of aliphatic imine (C=N–C) groups is 1. The number of likely N-dealkylation sites (N-methyl/N-ethyl adjacent to an activating group) is 1. The van der Waals surface area contributed by atoms with Crippen LogP contribution >= 0.6 is 24.0 Å². The number of amides is 1. The van der Waals surface area contributed by atoms with Crippen LogP contribution in [0.4, 0.5) is 0 Å². The summed E-state index contributed by atoms with van der Waals surface area (Å²) in [4.78, 5) is 20.6. The number of nitrogens with zero attached hydrogens (tertiary/aromatic N) is 3. The van der Waals surface area contributed by atoms with E-state index in [4.69, 9.17) is 0 Å². The lowest BCUT2D eigenvalue weighted by atomic mass is 9.94. The van der Waals surface area contributed by atoms with Gasteiger partial charge in [-0.25, -0.2) is 4.99 Å². The molecule has 27 heavy (non-hydrogen) atoms. The predicted molar refractivity (Wildman–Crippen MR) is 122 cm³/mol. The van der Waals surface area contributed by atoms with Crippen molar-refractivity contribution in [3.8, 4) is 0 Å². The molecule has 1 atom stereocenters. The molecule has 5 nitrogen and oxygen atoms in total. The molecule has 0 radical (unpaired) electrons. The molecule has 1 N–H and O–H groups in total. The summed E-state index contributed by atoms with van der Waals surface area (Å²) < 4.78 is 0. The largest absolute Gasteiger partial charge is 0.353 e. The quantitative estimate of drug-likeness (QED) is 0.405. The number of halogens is 1. The fraction of sp³-hybridized carbons (Fsp3) is 0.619. The minimum absolute atomic E-state index is 0. The fourth-order valence-corrected chi connectivity index (χ4v) is 4.02. The van der Waals surface area contributed by atoms with E-state index < -0.39 is 0 Å². The highest BCUT2D eigenvalue weighted by Crippen LogP contribution is 2.29. The van der Waals surface area contributed by atoms with Gasteiger partial charge in [0, 0.05) is 39.1 Å². The van der Waals surface area contributed by atoms with Crippen molar-refractivity contribution in [1.29, 1.82) is 0 Å². The number of likely N-dealkylation sites (tertiary alicyclic amines) is 1.